The molecule has 0 aromatic heterocycles. The van der Waals surface area contributed by atoms with Crippen molar-refractivity contribution in [1.29, 1.82) is 0 Å². The van der Waals surface area contributed by atoms with E-state index in [9.17, 15) is 9.18 Å². The van der Waals surface area contributed by atoms with Crippen molar-refractivity contribution in [3.05, 3.63) is 62.8 Å². The lowest BCUT2D eigenvalue weighted by molar-refractivity contribution is 0.102. The van der Waals surface area contributed by atoms with Crippen LogP contribution >= 0.6 is 27.5 Å². The van der Waals surface area contributed by atoms with Crippen LogP contribution in [0.1, 0.15) is 15.9 Å². The standard InChI is InChI=1S/C14H10BrClFNO/c1-8-2-4-10(17)7-11(8)14(19)18-13-6-9(15)3-5-12(13)16/h2-7H,1H3,(H,18,19). The van der Waals surface area contributed by atoms with Crippen molar-refractivity contribution in [2.75, 3.05) is 5.32 Å². The maximum Gasteiger partial charge on any atom is 0.256 e. The molecule has 0 saturated heterocycles. The highest BCUT2D eigenvalue weighted by atomic mass is 79.9. The number of rotatable bonds is 2. The highest BCUT2D eigenvalue weighted by molar-refractivity contribution is 9.10. The normalized spacial score (nSPS) is 10.3. The fourth-order valence-corrected chi connectivity index (χ4v) is 2.15. The molecule has 0 fully saturated rings. The van der Waals surface area contributed by atoms with Crippen LogP contribution in [-0.2, 0) is 0 Å². The zero-order chi connectivity index (χ0) is 14.0. The molecule has 2 aromatic carbocycles. The number of amides is 1. The van der Waals surface area contributed by atoms with Crippen LogP contribution in [0.2, 0.25) is 5.02 Å². The summed E-state index contributed by atoms with van der Waals surface area (Å²) in [5.41, 5.74) is 1.46. The third-order valence-corrected chi connectivity index (χ3v) is 3.44. The second-order valence-electron chi connectivity index (χ2n) is 4.04. The topological polar surface area (TPSA) is 29.1 Å². The van der Waals surface area contributed by atoms with E-state index in [2.05, 4.69) is 21.2 Å². The zero-order valence-corrected chi connectivity index (χ0v) is 12.3. The summed E-state index contributed by atoms with van der Waals surface area (Å²) in [6.45, 7) is 1.75. The van der Waals surface area contributed by atoms with Gasteiger partial charge in [0.2, 0.25) is 0 Å². The molecule has 1 amide bonds. The smallest absolute Gasteiger partial charge is 0.256 e. The van der Waals surface area contributed by atoms with Crippen molar-refractivity contribution < 1.29 is 9.18 Å². The summed E-state index contributed by atoms with van der Waals surface area (Å²) in [5, 5.41) is 3.09. The molecule has 0 saturated carbocycles. The molecule has 5 heteroatoms. The van der Waals surface area contributed by atoms with Gasteiger partial charge in [-0.05, 0) is 42.8 Å². The van der Waals surface area contributed by atoms with Gasteiger partial charge in [0.1, 0.15) is 5.82 Å². The predicted molar refractivity (Wildman–Crippen MR) is 78.2 cm³/mol. The number of benzene rings is 2. The number of halogens is 3. The summed E-state index contributed by atoms with van der Waals surface area (Å²) in [7, 11) is 0. The average molecular weight is 343 g/mol. The lowest BCUT2D eigenvalue weighted by atomic mass is 10.1. The lowest BCUT2D eigenvalue weighted by Gasteiger charge is -2.09. The molecule has 0 bridgehead atoms. The number of anilines is 1. The van der Waals surface area contributed by atoms with Gasteiger partial charge in [0, 0.05) is 10.0 Å². The Bertz CT molecular complexity index is 645. The van der Waals surface area contributed by atoms with Gasteiger partial charge in [-0.1, -0.05) is 33.6 Å². The third-order valence-electron chi connectivity index (χ3n) is 2.62. The first-order valence-electron chi connectivity index (χ1n) is 5.50. The van der Waals surface area contributed by atoms with Crippen molar-refractivity contribution in [2.24, 2.45) is 0 Å². The molecule has 0 aliphatic carbocycles. The number of aryl methyl sites for hydroxylation is 1. The Hall–Kier alpha value is -1.39. The molecular formula is C14H10BrClFNO. The van der Waals surface area contributed by atoms with Crippen LogP contribution in [0, 0.1) is 12.7 Å². The minimum Gasteiger partial charge on any atom is -0.321 e. The Morgan fingerprint density at radius 3 is 2.74 bits per heavy atom. The zero-order valence-electron chi connectivity index (χ0n) is 10.0. The Labute approximate surface area is 123 Å². The molecular weight excluding hydrogens is 333 g/mol. The van der Waals surface area contributed by atoms with Crippen LogP contribution in [0.4, 0.5) is 10.1 Å². The fraction of sp³-hybridized carbons (Fsp3) is 0.0714. The molecule has 0 unspecified atom stereocenters. The van der Waals surface area contributed by atoms with Gasteiger partial charge in [0.25, 0.3) is 5.91 Å². The van der Waals surface area contributed by atoms with Gasteiger partial charge in [-0.2, -0.15) is 0 Å². The van der Waals surface area contributed by atoms with Gasteiger partial charge in [0.15, 0.2) is 0 Å². The van der Waals surface area contributed by atoms with Crippen molar-refractivity contribution >= 4 is 39.1 Å². The molecule has 0 aliphatic rings. The van der Waals surface area contributed by atoms with E-state index in [-0.39, 0.29) is 5.56 Å². The Kier molecular flexibility index (Phi) is 4.22. The van der Waals surface area contributed by atoms with Crippen LogP contribution in [0.15, 0.2) is 40.9 Å². The van der Waals surface area contributed by atoms with Gasteiger partial charge in [-0.15, -0.1) is 0 Å². The number of nitrogens with one attached hydrogen (secondary N) is 1. The maximum absolute atomic E-state index is 13.2. The molecule has 98 valence electrons. The molecule has 0 heterocycles. The number of hydrogen-bond donors (Lipinski definition) is 1. The number of hydrogen-bond acceptors (Lipinski definition) is 1. The van der Waals surface area contributed by atoms with Crippen molar-refractivity contribution in [2.45, 2.75) is 6.92 Å². The minimum atomic E-state index is -0.448. The second-order valence-corrected chi connectivity index (χ2v) is 5.36. The molecule has 0 aliphatic heterocycles. The average Bonchev–Trinajstić information content (AvgIpc) is 2.36. The van der Waals surface area contributed by atoms with E-state index in [1.54, 1.807) is 31.2 Å². The quantitative estimate of drug-likeness (QED) is 0.834. The van der Waals surface area contributed by atoms with Crippen molar-refractivity contribution in [3.63, 3.8) is 0 Å². The lowest BCUT2D eigenvalue weighted by Crippen LogP contribution is -2.14. The van der Waals surface area contributed by atoms with Crippen LogP contribution < -0.4 is 5.32 Å². The van der Waals surface area contributed by atoms with Gasteiger partial charge in [-0.25, -0.2) is 4.39 Å². The first kappa shape index (κ1) is 14.0. The second kappa shape index (κ2) is 5.72. The Balaban J connectivity index is 2.30. The third kappa shape index (κ3) is 3.33. The van der Waals surface area contributed by atoms with Gasteiger partial charge in [-0.3, -0.25) is 4.79 Å². The van der Waals surface area contributed by atoms with Gasteiger partial charge >= 0.3 is 0 Å². The van der Waals surface area contributed by atoms with E-state index >= 15 is 0 Å². The fourth-order valence-electron chi connectivity index (χ4n) is 1.62. The summed E-state index contributed by atoms with van der Waals surface area (Å²) in [6.07, 6.45) is 0. The molecule has 2 rings (SSSR count). The highest BCUT2D eigenvalue weighted by Crippen LogP contribution is 2.26. The van der Waals surface area contributed by atoms with Gasteiger partial charge in [0.05, 0.1) is 10.7 Å². The van der Waals surface area contributed by atoms with Crippen LogP contribution in [0.3, 0.4) is 0 Å². The molecule has 0 radical (unpaired) electrons. The van der Waals surface area contributed by atoms with E-state index < -0.39 is 11.7 Å². The van der Waals surface area contributed by atoms with Crippen molar-refractivity contribution in [3.8, 4) is 0 Å². The Morgan fingerprint density at radius 1 is 1.26 bits per heavy atom. The Morgan fingerprint density at radius 2 is 2.00 bits per heavy atom. The van der Waals surface area contributed by atoms with Crippen molar-refractivity contribution in [1.82, 2.24) is 0 Å². The van der Waals surface area contributed by atoms with E-state index in [1.165, 1.54) is 12.1 Å². The maximum atomic E-state index is 13.2. The predicted octanol–water partition coefficient (Wildman–Crippen LogP) is 4.80. The molecule has 19 heavy (non-hydrogen) atoms. The molecule has 2 aromatic rings. The monoisotopic (exact) mass is 341 g/mol. The molecule has 0 atom stereocenters. The summed E-state index contributed by atoms with van der Waals surface area (Å²) < 4.78 is 14.0. The molecule has 1 N–H and O–H groups in total. The van der Waals surface area contributed by atoms with E-state index in [0.29, 0.717) is 16.3 Å². The molecule has 0 spiro atoms. The first-order valence-corrected chi connectivity index (χ1v) is 6.67. The van der Waals surface area contributed by atoms with Crippen LogP contribution in [0.5, 0.6) is 0 Å². The number of carbonyl (C=O) groups excluding carboxylic acids is 1. The highest BCUT2D eigenvalue weighted by Gasteiger charge is 2.12. The summed E-state index contributed by atoms with van der Waals surface area (Å²) >= 11 is 9.29. The summed E-state index contributed by atoms with van der Waals surface area (Å²) in [5.74, 6) is -0.840. The SMILES string of the molecule is Cc1ccc(F)cc1C(=O)Nc1cc(Br)ccc1Cl. The van der Waals surface area contributed by atoms with E-state index in [1.807, 2.05) is 0 Å². The van der Waals surface area contributed by atoms with E-state index in [4.69, 9.17) is 11.6 Å². The van der Waals surface area contributed by atoms with Crippen LogP contribution in [0.25, 0.3) is 0 Å². The van der Waals surface area contributed by atoms with Gasteiger partial charge < -0.3 is 5.32 Å². The van der Waals surface area contributed by atoms with E-state index in [0.717, 1.165) is 4.47 Å². The largest absolute Gasteiger partial charge is 0.321 e. The number of carbonyl (C=O) groups is 1. The summed E-state index contributed by atoms with van der Waals surface area (Å²) in [6, 6.07) is 9.21. The minimum absolute atomic E-state index is 0.288. The molecule has 2 nitrogen and oxygen atoms in total. The first-order chi connectivity index (χ1) is 8.97. The summed E-state index contributed by atoms with van der Waals surface area (Å²) in [4.78, 5) is 12.1. The van der Waals surface area contributed by atoms with Crippen LogP contribution in [-0.4, -0.2) is 5.91 Å².